The number of imidazole rings is 1. The van der Waals surface area contributed by atoms with Crippen molar-refractivity contribution in [1.82, 2.24) is 25.9 Å². The number of nitrogens with two attached hydrogens (primary N) is 1. The third-order valence-electron chi connectivity index (χ3n) is 5.30. The van der Waals surface area contributed by atoms with Crippen LogP contribution in [0.3, 0.4) is 0 Å². The van der Waals surface area contributed by atoms with Crippen molar-refractivity contribution in [1.29, 1.82) is 0 Å². The summed E-state index contributed by atoms with van der Waals surface area (Å²) in [7, 11) is 0. The SMILES string of the molecule is CC(O)C(NC(=O)C(N)Cc1ccccc1)C(=O)NC(Cc1cnc[nH]1)C(=O)NC(CC(=O)O)C(=O)O. The highest BCUT2D eigenvalue weighted by atomic mass is 16.4. The van der Waals surface area contributed by atoms with E-state index in [1.807, 2.05) is 0 Å². The zero-order valence-electron chi connectivity index (χ0n) is 20.0. The number of aromatic amines is 1. The Kier molecular flexibility index (Phi) is 10.7. The highest BCUT2D eigenvalue weighted by molar-refractivity contribution is 5.95. The topological polar surface area (TPSA) is 237 Å². The lowest BCUT2D eigenvalue weighted by Gasteiger charge is -2.26. The molecule has 5 unspecified atom stereocenters. The molecule has 0 spiro atoms. The molecule has 2 aromatic rings. The van der Waals surface area contributed by atoms with Crippen LogP contribution in [0.15, 0.2) is 42.9 Å². The van der Waals surface area contributed by atoms with Gasteiger partial charge in [-0.1, -0.05) is 30.3 Å². The van der Waals surface area contributed by atoms with Crippen LogP contribution in [0, 0.1) is 0 Å². The molecule has 3 amide bonds. The van der Waals surface area contributed by atoms with Gasteiger partial charge in [0.05, 0.1) is 24.9 Å². The highest BCUT2D eigenvalue weighted by Crippen LogP contribution is 2.05. The number of carbonyl (C=O) groups is 5. The molecule has 0 aliphatic carbocycles. The van der Waals surface area contributed by atoms with E-state index in [4.69, 9.17) is 10.8 Å². The molecule has 1 aromatic heterocycles. The van der Waals surface area contributed by atoms with E-state index in [-0.39, 0.29) is 12.8 Å². The maximum absolute atomic E-state index is 13.0. The van der Waals surface area contributed by atoms with Crippen molar-refractivity contribution in [3.8, 4) is 0 Å². The number of benzene rings is 1. The van der Waals surface area contributed by atoms with E-state index in [2.05, 4.69) is 25.9 Å². The molecule has 14 heteroatoms. The molecule has 1 heterocycles. The Hall–Kier alpha value is -4.30. The van der Waals surface area contributed by atoms with Crippen LogP contribution < -0.4 is 21.7 Å². The smallest absolute Gasteiger partial charge is 0.326 e. The predicted octanol–water partition coefficient (Wildman–Crippen LogP) is -2.08. The average molecular weight is 519 g/mol. The molecule has 1 aromatic carbocycles. The van der Waals surface area contributed by atoms with Gasteiger partial charge in [-0.05, 0) is 18.9 Å². The second kappa shape index (κ2) is 13.7. The minimum absolute atomic E-state index is 0.172. The first-order valence-electron chi connectivity index (χ1n) is 11.3. The van der Waals surface area contributed by atoms with Gasteiger partial charge in [0, 0.05) is 18.3 Å². The summed E-state index contributed by atoms with van der Waals surface area (Å²) in [5.41, 5.74) is 7.14. The first-order valence-corrected chi connectivity index (χ1v) is 11.3. The molecule has 0 saturated carbocycles. The van der Waals surface area contributed by atoms with E-state index in [1.54, 1.807) is 30.3 Å². The summed E-state index contributed by atoms with van der Waals surface area (Å²) in [6, 6.07) is 3.23. The fourth-order valence-corrected chi connectivity index (χ4v) is 3.36. The predicted molar refractivity (Wildman–Crippen MR) is 128 cm³/mol. The molecule has 14 nitrogen and oxygen atoms in total. The Labute approximate surface area is 211 Å². The van der Waals surface area contributed by atoms with Crippen molar-refractivity contribution in [3.63, 3.8) is 0 Å². The third kappa shape index (κ3) is 9.35. The Balaban J connectivity index is 2.14. The third-order valence-corrected chi connectivity index (χ3v) is 5.30. The lowest BCUT2D eigenvalue weighted by molar-refractivity contribution is -0.147. The van der Waals surface area contributed by atoms with Gasteiger partial charge in [0.15, 0.2) is 0 Å². The van der Waals surface area contributed by atoms with Gasteiger partial charge in [-0.15, -0.1) is 0 Å². The molecule has 0 aliphatic heterocycles. The van der Waals surface area contributed by atoms with Crippen LogP contribution in [0.4, 0.5) is 0 Å². The summed E-state index contributed by atoms with van der Waals surface area (Å²) in [5, 5.41) is 35.1. The Bertz CT molecular complexity index is 1080. The highest BCUT2D eigenvalue weighted by Gasteiger charge is 2.33. The van der Waals surface area contributed by atoms with Gasteiger partial charge in [0.2, 0.25) is 17.7 Å². The van der Waals surface area contributed by atoms with Crippen molar-refractivity contribution >= 4 is 29.7 Å². The fourth-order valence-electron chi connectivity index (χ4n) is 3.36. The number of H-pyrrole nitrogens is 1. The molecule has 0 aliphatic rings. The molecule has 5 atom stereocenters. The lowest BCUT2D eigenvalue weighted by atomic mass is 10.0. The van der Waals surface area contributed by atoms with Crippen LogP contribution in [0.2, 0.25) is 0 Å². The number of rotatable bonds is 14. The van der Waals surface area contributed by atoms with Crippen molar-refractivity contribution < 1.29 is 39.3 Å². The van der Waals surface area contributed by atoms with Crippen molar-refractivity contribution in [2.24, 2.45) is 5.73 Å². The largest absolute Gasteiger partial charge is 0.481 e. The van der Waals surface area contributed by atoms with E-state index in [1.165, 1.54) is 19.4 Å². The summed E-state index contributed by atoms with van der Waals surface area (Å²) in [5.74, 6) is -5.69. The second-order valence-corrected chi connectivity index (χ2v) is 8.36. The molecule has 0 bridgehead atoms. The number of carboxylic acids is 2. The standard InChI is InChI=1S/C23H30N6O8/c1-12(30)19(29-20(33)15(24)7-13-5-3-2-4-6-13)22(35)27-16(8-14-10-25-11-26-14)21(34)28-17(23(36)37)9-18(31)32/h2-6,10-12,15-17,19,30H,7-9,24H2,1H3,(H,25,26)(H,27,35)(H,28,34)(H,29,33)(H,31,32)(H,36,37). The van der Waals surface area contributed by atoms with E-state index < -0.39 is 66.4 Å². The number of hydrogen-bond acceptors (Lipinski definition) is 8. The molecule has 37 heavy (non-hydrogen) atoms. The van der Waals surface area contributed by atoms with Crippen molar-refractivity contribution in [3.05, 3.63) is 54.1 Å². The van der Waals surface area contributed by atoms with Crippen LogP contribution in [-0.4, -0.2) is 85.2 Å². The number of nitrogens with one attached hydrogen (secondary N) is 4. The Morgan fingerprint density at radius 3 is 2.14 bits per heavy atom. The summed E-state index contributed by atoms with van der Waals surface area (Å²) in [6.45, 7) is 1.25. The van der Waals surface area contributed by atoms with Crippen LogP contribution in [0.5, 0.6) is 0 Å². The number of nitrogens with zero attached hydrogens (tertiary/aromatic N) is 1. The van der Waals surface area contributed by atoms with Gasteiger partial charge in [-0.2, -0.15) is 0 Å². The first-order chi connectivity index (χ1) is 17.5. The van der Waals surface area contributed by atoms with Crippen molar-refractivity contribution in [2.75, 3.05) is 0 Å². The van der Waals surface area contributed by atoms with Crippen molar-refractivity contribution in [2.45, 2.75) is 56.5 Å². The number of hydrogen-bond donors (Lipinski definition) is 8. The quantitative estimate of drug-likeness (QED) is 0.136. The van der Waals surface area contributed by atoms with E-state index >= 15 is 0 Å². The monoisotopic (exact) mass is 518 g/mol. The number of aliphatic hydroxyl groups is 1. The number of aromatic nitrogens is 2. The van der Waals surface area contributed by atoms with Gasteiger partial charge in [0.1, 0.15) is 18.1 Å². The number of aliphatic hydroxyl groups excluding tert-OH is 1. The van der Waals surface area contributed by atoms with Crippen LogP contribution in [0.1, 0.15) is 24.6 Å². The molecular formula is C23H30N6O8. The van der Waals surface area contributed by atoms with Gasteiger partial charge in [0.25, 0.3) is 0 Å². The number of amides is 3. The molecular weight excluding hydrogens is 488 g/mol. The van der Waals surface area contributed by atoms with Crippen LogP contribution >= 0.6 is 0 Å². The van der Waals surface area contributed by atoms with Gasteiger partial charge in [-0.25, -0.2) is 9.78 Å². The summed E-state index contributed by atoms with van der Waals surface area (Å²) >= 11 is 0. The maximum atomic E-state index is 13.0. The van der Waals surface area contributed by atoms with E-state index in [9.17, 15) is 34.2 Å². The molecule has 2 rings (SSSR count). The average Bonchev–Trinajstić information content (AvgIpc) is 3.34. The summed E-state index contributed by atoms with van der Waals surface area (Å²) < 4.78 is 0. The second-order valence-electron chi connectivity index (χ2n) is 8.36. The number of aliphatic carboxylic acids is 2. The molecule has 9 N–H and O–H groups in total. The zero-order chi connectivity index (χ0) is 27.5. The normalized spacial score (nSPS) is 14.9. The Morgan fingerprint density at radius 2 is 1.59 bits per heavy atom. The zero-order valence-corrected chi connectivity index (χ0v) is 20.0. The Morgan fingerprint density at radius 1 is 0.946 bits per heavy atom. The molecule has 200 valence electrons. The van der Waals surface area contributed by atoms with Crippen LogP contribution in [0.25, 0.3) is 0 Å². The summed E-state index contributed by atoms with van der Waals surface area (Å²) in [6.07, 6.45) is 0.412. The minimum Gasteiger partial charge on any atom is -0.481 e. The first kappa shape index (κ1) is 28.9. The fraction of sp³-hybridized carbons (Fsp3) is 0.391. The van der Waals surface area contributed by atoms with E-state index in [0.717, 1.165) is 5.56 Å². The minimum atomic E-state index is -1.76. The van der Waals surface area contributed by atoms with E-state index in [0.29, 0.717) is 5.69 Å². The lowest BCUT2D eigenvalue weighted by Crippen LogP contribution is -2.60. The van der Waals surface area contributed by atoms with Crippen LogP contribution in [-0.2, 0) is 36.8 Å². The van der Waals surface area contributed by atoms with Gasteiger partial charge in [-0.3, -0.25) is 19.2 Å². The number of carboxylic acid groups (broad SMARTS) is 2. The molecule has 0 saturated heterocycles. The van der Waals surface area contributed by atoms with Gasteiger partial charge >= 0.3 is 11.9 Å². The molecule has 0 fully saturated rings. The summed E-state index contributed by atoms with van der Waals surface area (Å²) in [4.78, 5) is 67.4. The van der Waals surface area contributed by atoms with Gasteiger partial charge < -0.3 is 42.0 Å². The number of carbonyl (C=O) groups excluding carboxylic acids is 3. The maximum Gasteiger partial charge on any atom is 0.326 e. The molecule has 0 radical (unpaired) electrons.